The largest absolute Gasteiger partial charge is 0.497 e. The van der Waals surface area contributed by atoms with Crippen LogP contribution >= 0.6 is 0 Å². The summed E-state index contributed by atoms with van der Waals surface area (Å²) < 4.78 is 15.7. The van der Waals surface area contributed by atoms with Gasteiger partial charge in [-0.1, -0.05) is 12.1 Å². The maximum atomic E-state index is 12.6. The number of methoxy groups -OCH3 is 3. The molecule has 2 aromatic carbocycles. The number of hydrogen-bond acceptors (Lipinski definition) is 5. The summed E-state index contributed by atoms with van der Waals surface area (Å²) in [6, 6.07) is 12.7. The van der Waals surface area contributed by atoms with Crippen LogP contribution in [0.4, 0.5) is 5.69 Å². The molecule has 7 heteroatoms. The van der Waals surface area contributed by atoms with Gasteiger partial charge in [0.15, 0.2) is 0 Å². The molecule has 0 aliphatic carbocycles. The van der Waals surface area contributed by atoms with E-state index in [9.17, 15) is 9.59 Å². The first kappa shape index (κ1) is 19.5. The van der Waals surface area contributed by atoms with Crippen molar-refractivity contribution in [2.24, 2.45) is 5.92 Å². The van der Waals surface area contributed by atoms with E-state index in [0.29, 0.717) is 30.3 Å². The lowest BCUT2D eigenvalue weighted by Crippen LogP contribution is -2.32. The number of nitrogens with zero attached hydrogens (tertiary/aromatic N) is 1. The number of rotatable bonds is 7. The molecule has 1 aliphatic heterocycles. The van der Waals surface area contributed by atoms with E-state index in [2.05, 4.69) is 5.32 Å². The Bertz CT molecular complexity index is 850. The minimum atomic E-state index is -0.405. The summed E-state index contributed by atoms with van der Waals surface area (Å²) >= 11 is 0. The summed E-state index contributed by atoms with van der Waals surface area (Å²) in [5.74, 6) is 1.29. The third-order valence-corrected chi connectivity index (χ3v) is 4.80. The fourth-order valence-electron chi connectivity index (χ4n) is 3.20. The monoisotopic (exact) mass is 384 g/mol. The molecule has 2 amide bonds. The second-order valence-electron chi connectivity index (χ2n) is 6.51. The lowest BCUT2D eigenvalue weighted by Gasteiger charge is -2.20. The van der Waals surface area contributed by atoms with E-state index in [1.54, 1.807) is 37.3 Å². The SMILES string of the molecule is COc1ccc(CNC(=O)C2CC(=O)N(c3ccc(OC)cc3OC)C2)cc1. The van der Waals surface area contributed by atoms with E-state index >= 15 is 0 Å². The third kappa shape index (κ3) is 4.19. The summed E-state index contributed by atoms with van der Waals surface area (Å²) in [4.78, 5) is 26.6. The molecule has 28 heavy (non-hydrogen) atoms. The van der Waals surface area contributed by atoms with Crippen LogP contribution in [0.25, 0.3) is 0 Å². The maximum absolute atomic E-state index is 12.6. The molecule has 0 saturated carbocycles. The van der Waals surface area contributed by atoms with Gasteiger partial charge in [-0.2, -0.15) is 0 Å². The van der Waals surface area contributed by atoms with Crippen molar-refractivity contribution >= 4 is 17.5 Å². The Morgan fingerprint density at radius 2 is 1.71 bits per heavy atom. The van der Waals surface area contributed by atoms with Crippen molar-refractivity contribution in [1.29, 1.82) is 0 Å². The van der Waals surface area contributed by atoms with E-state index in [0.717, 1.165) is 11.3 Å². The first-order chi connectivity index (χ1) is 13.5. The van der Waals surface area contributed by atoms with Gasteiger partial charge in [-0.15, -0.1) is 0 Å². The molecule has 1 saturated heterocycles. The molecule has 1 fully saturated rings. The van der Waals surface area contributed by atoms with Crippen molar-refractivity contribution in [3.8, 4) is 17.2 Å². The summed E-state index contributed by atoms with van der Waals surface area (Å²) in [5.41, 5.74) is 1.60. The van der Waals surface area contributed by atoms with E-state index in [1.807, 2.05) is 24.3 Å². The van der Waals surface area contributed by atoms with Gasteiger partial charge in [0.25, 0.3) is 0 Å². The predicted octanol–water partition coefficient (Wildman–Crippen LogP) is 2.38. The Hall–Kier alpha value is -3.22. The van der Waals surface area contributed by atoms with Crippen LogP contribution in [0.5, 0.6) is 17.2 Å². The van der Waals surface area contributed by atoms with Crippen LogP contribution in [0, 0.1) is 5.92 Å². The number of nitrogens with one attached hydrogen (secondary N) is 1. The average Bonchev–Trinajstić information content (AvgIpc) is 3.13. The van der Waals surface area contributed by atoms with Gasteiger partial charge in [0.2, 0.25) is 11.8 Å². The van der Waals surface area contributed by atoms with Crippen molar-refractivity contribution < 1.29 is 23.8 Å². The van der Waals surface area contributed by atoms with Crippen LogP contribution in [0.1, 0.15) is 12.0 Å². The zero-order valence-corrected chi connectivity index (χ0v) is 16.2. The number of benzene rings is 2. The lowest BCUT2D eigenvalue weighted by atomic mass is 10.1. The molecule has 3 rings (SSSR count). The summed E-state index contributed by atoms with van der Waals surface area (Å²) in [6.07, 6.45) is 0.170. The van der Waals surface area contributed by atoms with Crippen LogP contribution < -0.4 is 24.4 Å². The molecular weight excluding hydrogens is 360 g/mol. The average molecular weight is 384 g/mol. The molecule has 7 nitrogen and oxygen atoms in total. The normalized spacial score (nSPS) is 16.0. The van der Waals surface area contributed by atoms with Crippen LogP contribution in [0.3, 0.4) is 0 Å². The minimum Gasteiger partial charge on any atom is -0.497 e. The first-order valence-corrected chi connectivity index (χ1v) is 8.98. The van der Waals surface area contributed by atoms with Gasteiger partial charge < -0.3 is 24.4 Å². The van der Waals surface area contributed by atoms with Gasteiger partial charge in [-0.05, 0) is 29.8 Å². The smallest absolute Gasteiger partial charge is 0.227 e. The van der Waals surface area contributed by atoms with Gasteiger partial charge >= 0.3 is 0 Å². The summed E-state index contributed by atoms with van der Waals surface area (Å²) in [7, 11) is 4.72. The van der Waals surface area contributed by atoms with Crippen molar-refractivity contribution in [2.75, 3.05) is 32.8 Å². The molecule has 1 heterocycles. The predicted molar refractivity (Wildman–Crippen MR) is 105 cm³/mol. The Morgan fingerprint density at radius 1 is 1.04 bits per heavy atom. The molecule has 0 bridgehead atoms. The Balaban J connectivity index is 1.64. The molecule has 0 aromatic heterocycles. The fourth-order valence-corrected chi connectivity index (χ4v) is 3.20. The second kappa shape index (κ2) is 8.65. The van der Waals surface area contributed by atoms with Crippen molar-refractivity contribution in [1.82, 2.24) is 5.32 Å². The van der Waals surface area contributed by atoms with Crippen molar-refractivity contribution in [2.45, 2.75) is 13.0 Å². The van der Waals surface area contributed by atoms with Crippen molar-refractivity contribution in [3.05, 3.63) is 48.0 Å². The molecule has 1 unspecified atom stereocenters. The quantitative estimate of drug-likeness (QED) is 0.793. The first-order valence-electron chi connectivity index (χ1n) is 8.98. The van der Waals surface area contributed by atoms with E-state index in [-0.39, 0.29) is 18.2 Å². The number of carbonyl (C=O) groups is 2. The molecule has 0 spiro atoms. The Morgan fingerprint density at radius 3 is 2.36 bits per heavy atom. The van der Waals surface area contributed by atoms with Crippen LogP contribution in [-0.4, -0.2) is 39.7 Å². The molecular formula is C21H24N2O5. The zero-order chi connectivity index (χ0) is 20.1. The van der Waals surface area contributed by atoms with Crippen LogP contribution in [0.2, 0.25) is 0 Å². The zero-order valence-electron chi connectivity index (χ0n) is 16.2. The van der Waals surface area contributed by atoms with Crippen LogP contribution in [0.15, 0.2) is 42.5 Å². The number of anilines is 1. The van der Waals surface area contributed by atoms with Crippen LogP contribution in [-0.2, 0) is 16.1 Å². The highest BCUT2D eigenvalue weighted by Crippen LogP contribution is 2.35. The van der Waals surface area contributed by atoms with Gasteiger partial charge in [0, 0.05) is 25.6 Å². The highest BCUT2D eigenvalue weighted by atomic mass is 16.5. The molecule has 1 aliphatic rings. The molecule has 2 aromatic rings. The lowest BCUT2D eigenvalue weighted by molar-refractivity contribution is -0.126. The van der Waals surface area contributed by atoms with Gasteiger partial charge in [0.05, 0.1) is 32.9 Å². The van der Waals surface area contributed by atoms with E-state index in [1.165, 1.54) is 7.11 Å². The Kier molecular flexibility index (Phi) is 6.03. The summed E-state index contributed by atoms with van der Waals surface area (Å²) in [5, 5.41) is 2.91. The van der Waals surface area contributed by atoms with E-state index in [4.69, 9.17) is 14.2 Å². The van der Waals surface area contributed by atoms with Gasteiger partial charge in [-0.3, -0.25) is 9.59 Å². The number of carbonyl (C=O) groups excluding carboxylic acids is 2. The fraction of sp³-hybridized carbons (Fsp3) is 0.333. The maximum Gasteiger partial charge on any atom is 0.227 e. The highest BCUT2D eigenvalue weighted by Gasteiger charge is 2.36. The van der Waals surface area contributed by atoms with Gasteiger partial charge in [-0.25, -0.2) is 0 Å². The number of amides is 2. The molecule has 148 valence electrons. The number of ether oxygens (including phenoxy) is 3. The molecule has 1 N–H and O–H groups in total. The highest BCUT2D eigenvalue weighted by molar-refractivity contribution is 6.01. The standard InChI is InChI=1S/C21H24N2O5/c1-26-16-6-4-14(5-7-16)12-22-21(25)15-10-20(24)23(13-15)18-9-8-17(27-2)11-19(18)28-3/h4-9,11,15H,10,12-13H2,1-3H3,(H,22,25). The van der Waals surface area contributed by atoms with E-state index < -0.39 is 5.92 Å². The minimum absolute atomic E-state index is 0.104. The molecule has 0 radical (unpaired) electrons. The van der Waals surface area contributed by atoms with Gasteiger partial charge in [0.1, 0.15) is 17.2 Å². The number of hydrogen-bond donors (Lipinski definition) is 1. The second-order valence-corrected chi connectivity index (χ2v) is 6.51. The van der Waals surface area contributed by atoms with Crippen molar-refractivity contribution in [3.63, 3.8) is 0 Å². The molecule has 1 atom stereocenters. The topological polar surface area (TPSA) is 77.1 Å². The summed E-state index contributed by atoms with van der Waals surface area (Å²) in [6.45, 7) is 0.718. The Labute approximate surface area is 164 Å². The third-order valence-electron chi connectivity index (χ3n) is 4.80.